The minimum absolute atomic E-state index is 0.117. The molecule has 0 aromatic heterocycles. The molecule has 0 saturated carbocycles. The first-order valence-electron chi connectivity index (χ1n) is 6.48. The van der Waals surface area contributed by atoms with Crippen LogP contribution in [-0.4, -0.2) is 50.6 Å². The van der Waals surface area contributed by atoms with Crippen LogP contribution < -0.4 is 10.6 Å². The third-order valence-electron chi connectivity index (χ3n) is 2.47. The van der Waals surface area contributed by atoms with Gasteiger partial charge in [0.2, 0.25) is 5.91 Å². The zero-order valence-electron chi connectivity index (χ0n) is 11.9. The summed E-state index contributed by atoms with van der Waals surface area (Å²) >= 11 is 0. The Labute approximate surface area is 119 Å². The third kappa shape index (κ3) is 7.08. The second-order valence-corrected chi connectivity index (χ2v) is 4.36. The Morgan fingerprint density at radius 2 is 2.10 bits per heavy atom. The predicted molar refractivity (Wildman–Crippen MR) is 77.9 cm³/mol. The van der Waals surface area contributed by atoms with Gasteiger partial charge in [0, 0.05) is 32.0 Å². The molecule has 1 atom stereocenters. The number of aliphatic hydroxyl groups excluding tert-OH is 1. The molecule has 1 unspecified atom stereocenters. The van der Waals surface area contributed by atoms with Crippen molar-refractivity contribution in [3.63, 3.8) is 0 Å². The molecule has 20 heavy (non-hydrogen) atoms. The highest BCUT2D eigenvalue weighted by Gasteiger charge is 2.04. The number of aliphatic hydroxyl groups is 1. The van der Waals surface area contributed by atoms with Gasteiger partial charge in [-0.2, -0.15) is 0 Å². The molecule has 0 aliphatic rings. The number of rotatable bonds is 9. The number of ether oxygens (including phenoxy) is 2. The molecule has 0 spiro atoms. The van der Waals surface area contributed by atoms with Crippen molar-refractivity contribution in [2.45, 2.75) is 13.0 Å². The smallest absolute Gasteiger partial charge is 0.221 e. The van der Waals surface area contributed by atoms with Crippen LogP contribution in [0, 0.1) is 0 Å². The number of hydrogen-bond donors (Lipinski definition) is 3. The van der Waals surface area contributed by atoms with Crippen LogP contribution in [0.15, 0.2) is 24.3 Å². The van der Waals surface area contributed by atoms with Gasteiger partial charge in [-0.05, 0) is 18.2 Å². The van der Waals surface area contributed by atoms with Gasteiger partial charge in [0.15, 0.2) is 0 Å². The maximum atomic E-state index is 11.0. The van der Waals surface area contributed by atoms with Crippen molar-refractivity contribution in [3.05, 3.63) is 24.3 Å². The number of benzene rings is 1. The zero-order chi connectivity index (χ0) is 14.8. The Balaban J connectivity index is 2.31. The molecule has 0 fully saturated rings. The van der Waals surface area contributed by atoms with Crippen molar-refractivity contribution in [1.29, 1.82) is 0 Å². The van der Waals surface area contributed by atoms with Gasteiger partial charge in [0.05, 0.1) is 25.9 Å². The van der Waals surface area contributed by atoms with E-state index in [1.807, 2.05) is 12.1 Å². The Kier molecular flexibility index (Phi) is 7.64. The van der Waals surface area contributed by atoms with E-state index in [1.54, 1.807) is 19.2 Å². The third-order valence-corrected chi connectivity index (χ3v) is 2.47. The van der Waals surface area contributed by atoms with E-state index in [9.17, 15) is 9.90 Å². The van der Waals surface area contributed by atoms with Crippen LogP contribution in [0.2, 0.25) is 0 Å². The molecule has 112 valence electrons. The Hall–Kier alpha value is -1.63. The molecule has 3 N–H and O–H groups in total. The van der Waals surface area contributed by atoms with Crippen molar-refractivity contribution in [3.8, 4) is 0 Å². The number of nitrogens with one attached hydrogen (secondary N) is 2. The second kappa shape index (κ2) is 9.30. The van der Waals surface area contributed by atoms with Crippen LogP contribution in [0.3, 0.4) is 0 Å². The quantitative estimate of drug-likeness (QED) is 0.591. The molecule has 1 aromatic carbocycles. The lowest BCUT2D eigenvalue weighted by Crippen LogP contribution is -2.25. The van der Waals surface area contributed by atoms with E-state index in [-0.39, 0.29) is 12.5 Å². The normalized spacial score (nSPS) is 11.9. The number of anilines is 2. The molecule has 0 heterocycles. The minimum atomic E-state index is -0.601. The van der Waals surface area contributed by atoms with Crippen molar-refractivity contribution < 1.29 is 19.4 Å². The molecular formula is C14H22N2O4. The molecule has 0 aliphatic heterocycles. The van der Waals surface area contributed by atoms with Gasteiger partial charge in [-0.15, -0.1) is 0 Å². The van der Waals surface area contributed by atoms with E-state index >= 15 is 0 Å². The highest BCUT2D eigenvalue weighted by atomic mass is 16.5. The fourth-order valence-electron chi connectivity index (χ4n) is 1.57. The largest absolute Gasteiger partial charge is 0.389 e. The van der Waals surface area contributed by atoms with Crippen LogP contribution in [0.4, 0.5) is 11.4 Å². The van der Waals surface area contributed by atoms with E-state index in [0.29, 0.717) is 25.4 Å². The average Bonchev–Trinajstić information content (AvgIpc) is 2.41. The second-order valence-electron chi connectivity index (χ2n) is 4.36. The van der Waals surface area contributed by atoms with Crippen LogP contribution in [0.25, 0.3) is 0 Å². The summed E-state index contributed by atoms with van der Waals surface area (Å²) in [7, 11) is 1.60. The van der Waals surface area contributed by atoms with Gasteiger partial charge in [0.25, 0.3) is 0 Å². The molecular weight excluding hydrogens is 260 g/mol. The number of carbonyl (C=O) groups excluding carboxylic acids is 1. The fourth-order valence-corrected chi connectivity index (χ4v) is 1.57. The van der Waals surface area contributed by atoms with Crippen LogP contribution in [0.1, 0.15) is 6.92 Å². The number of carbonyl (C=O) groups is 1. The summed E-state index contributed by atoms with van der Waals surface area (Å²) in [6.45, 7) is 3.06. The maximum absolute atomic E-state index is 11.0. The van der Waals surface area contributed by atoms with E-state index in [4.69, 9.17) is 9.47 Å². The molecule has 6 nitrogen and oxygen atoms in total. The fraction of sp³-hybridized carbons (Fsp3) is 0.500. The highest BCUT2D eigenvalue weighted by Crippen LogP contribution is 2.14. The molecule has 0 radical (unpaired) electrons. The lowest BCUT2D eigenvalue weighted by atomic mass is 10.2. The first-order valence-corrected chi connectivity index (χ1v) is 6.48. The van der Waals surface area contributed by atoms with Crippen LogP contribution in [0.5, 0.6) is 0 Å². The molecule has 0 saturated heterocycles. The summed E-state index contributed by atoms with van der Waals surface area (Å²) in [5, 5.41) is 15.5. The standard InChI is InChI=1S/C14H22N2O4/c1-11(17)16-13-5-3-4-12(8-13)15-9-14(18)10-20-7-6-19-2/h3-5,8,14-15,18H,6-7,9-10H2,1-2H3,(H,16,17). The van der Waals surface area contributed by atoms with Gasteiger partial charge in [-0.25, -0.2) is 0 Å². The summed E-state index contributed by atoms with van der Waals surface area (Å²) in [5.74, 6) is -0.117. The number of amides is 1. The van der Waals surface area contributed by atoms with Crippen molar-refractivity contribution in [2.24, 2.45) is 0 Å². The number of methoxy groups -OCH3 is 1. The zero-order valence-corrected chi connectivity index (χ0v) is 11.9. The lowest BCUT2D eigenvalue weighted by Gasteiger charge is -2.14. The summed E-state index contributed by atoms with van der Waals surface area (Å²) in [4.78, 5) is 11.0. The Bertz CT molecular complexity index is 412. The van der Waals surface area contributed by atoms with Gasteiger partial charge in [0.1, 0.15) is 0 Å². The lowest BCUT2D eigenvalue weighted by molar-refractivity contribution is -0.114. The average molecular weight is 282 g/mol. The van der Waals surface area contributed by atoms with Gasteiger partial charge >= 0.3 is 0 Å². The molecule has 6 heteroatoms. The molecule has 1 amide bonds. The molecule has 0 bridgehead atoms. The highest BCUT2D eigenvalue weighted by molar-refractivity contribution is 5.89. The first-order chi connectivity index (χ1) is 9.61. The van der Waals surface area contributed by atoms with Crippen LogP contribution >= 0.6 is 0 Å². The Morgan fingerprint density at radius 1 is 1.35 bits per heavy atom. The van der Waals surface area contributed by atoms with Gasteiger partial charge in [-0.3, -0.25) is 4.79 Å². The van der Waals surface area contributed by atoms with Crippen molar-refractivity contribution >= 4 is 17.3 Å². The summed E-state index contributed by atoms with van der Waals surface area (Å²) in [6, 6.07) is 7.30. The SMILES string of the molecule is COCCOCC(O)CNc1cccc(NC(C)=O)c1. The summed E-state index contributed by atoms with van der Waals surface area (Å²) in [5.41, 5.74) is 1.54. The summed E-state index contributed by atoms with van der Waals surface area (Å²) in [6.07, 6.45) is -0.601. The van der Waals surface area contributed by atoms with E-state index in [2.05, 4.69) is 10.6 Å². The number of hydrogen-bond acceptors (Lipinski definition) is 5. The van der Waals surface area contributed by atoms with Crippen LogP contribution in [-0.2, 0) is 14.3 Å². The van der Waals surface area contributed by atoms with Gasteiger partial charge < -0.3 is 25.2 Å². The predicted octanol–water partition coefficient (Wildman–Crippen LogP) is 1.08. The summed E-state index contributed by atoms with van der Waals surface area (Å²) < 4.78 is 10.1. The topological polar surface area (TPSA) is 79.8 Å². The first kappa shape index (κ1) is 16.4. The molecule has 1 rings (SSSR count). The van der Waals surface area contributed by atoms with Crippen molar-refractivity contribution in [2.75, 3.05) is 44.1 Å². The van der Waals surface area contributed by atoms with E-state index < -0.39 is 6.10 Å². The van der Waals surface area contributed by atoms with Gasteiger partial charge in [-0.1, -0.05) is 6.07 Å². The van der Waals surface area contributed by atoms with E-state index in [0.717, 1.165) is 5.69 Å². The monoisotopic (exact) mass is 282 g/mol. The van der Waals surface area contributed by atoms with Crippen molar-refractivity contribution in [1.82, 2.24) is 0 Å². The molecule has 0 aliphatic carbocycles. The molecule has 1 aromatic rings. The maximum Gasteiger partial charge on any atom is 0.221 e. The van der Waals surface area contributed by atoms with E-state index in [1.165, 1.54) is 6.92 Å². The Morgan fingerprint density at radius 3 is 2.80 bits per heavy atom. The minimum Gasteiger partial charge on any atom is -0.389 e.